The first-order valence-electron chi connectivity index (χ1n) is 12.9. The van der Waals surface area contributed by atoms with Crippen molar-refractivity contribution in [2.24, 2.45) is 5.92 Å². The highest BCUT2D eigenvalue weighted by atomic mass is 16.5. The minimum Gasteiger partial charge on any atom is -0.496 e. The summed E-state index contributed by atoms with van der Waals surface area (Å²) >= 11 is 0. The van der Waals surface area contributed by atoms with Crippen molar-refractivity contribution in [1.82, 2.24) is 15.0 Å². The number of methoxy groups -OCH3 is 1. The van der Waals surface area contributed by atoms with Crippen molar-refractivity contribution in [3.63, 3.8) is 0 Å². The van der Waals surface area contributed by atoms with E-state index in [1.807, 2.05) is 30.3 Å². The Morgan fingerprint density at radius 3 is 2.52 bits per heavy atom. The van der Waals surface area contributed by atoms with E-state index < -0.39 is 5.41 Å². The molecule has 2 N–H and O–H groups in total. The molecule has 5 rings (SSSR count). The van der Waals surface area contributed by atoms with Crippen molar-refractivity contribution < 1.29 is 14.3 Å². The van der Waals surface area contributed by atoms with E-state index >= 15 is 0 Å². The number of amides is 2. The summed E-state index contributed by atoms with van der Waals surface area (Å²) in [4.78, 5) is 38.1. The molecule has 2 aromatic heterocycles. The van der Waals surface area contributed by atoms with E-state index in [0.717, 1.165) is 29.5 Å². The van der Waals surface area contributed by atoms with Gasteiger partial charge in [0.05, 0.1) is 30.0 Å². The maximum Gasteiger partial charge on any atom is 0.255 e. The molecule has 0 bridgehead atoms. The van der Waals surface area contributed by atoms with E-state index in [4.69, 9.17) is 4.74 Å². The summed E-state index contributed by atoms with van der Waals surface area (Å²) < 4.78 is 5.62. The number of hydrogen-bond acceptors (Lipinski definition) is 7. The van der Waals surface area contributed by atoms with Crippen LogP contribution in [0.3, 0.4) is 0 Å². The van der Waals surface area contributed by atoms with E-state index in [1.165, 1.54) is 12.5 Å². The number of rotatable bonds is 8. The topological polar surface area (TPSA) is 130 Å². The Hall–Kier alpha value is -5.10. The van der Waals surface area contributed by atoms with Crippen LogP contribution in [0.25, 0.3) is 22.4 Å². The number of carbonyl (C=O) groups is 2. The van der Waals surface area contributed by atoms with E-state index in [-0.39, 0.29) is 17.7 Å². The quantitative estimate of drug-likeness (QED) is 0.301. The summed E-state index contributed by atoms with van der Waals surface area (Å²) in [6.07, 6.45) is 4.79. The number of nitrogens with one attached hydrogen (secondary N) is 2. The number of hydrogen-bond donors (Lipinski definition) is 2. The van der Waals surface area contributed by atoms with Gasteiger partial charge < -0.3 is 15.4 Å². The predicted octanol–water partition coefficient (Wildman–Crippen LogP) is 5.62. The van der Waals surface area contributed by atoms with Crippen LogP contribution in [0, 0.1) is 17.2 Å². The van der Waals surface area contributed by atoms with Crippen LogP contribution in [-0.4, -0.2) is 33.9 Å². The normalized spacial score (nSPS) is 12.8. The standard InChI is InChI=1S/C31H28N6O3/c1-31(2,17-32)27-14-22(11-12-33-27)30(39)36-23-9-10-26(40-3)24(15-23)20-5-4-6-21(13-20)25-16-28(35-18-34-25)37-29(38)19-7-8-19/h4-6,9-16,18-19H,7-8H2,1-3H3,(H,36,39)(H,34,35,37,38). The van der Waals surface area contributed by atoms with Gasteiger partial charge >= 0.3 is 0 Å². The van der Waals surface area contributed by atoms with Gasteiger partial charge in [-0.25, -0.2) is 9.97 Å². The number of carbonyl (C=O) groups excluding carboxylic acids is 2. The number of nitrogens with zero attached hydrogens (tertiary/aromatic N) is 4. The Morgan fingerprint density at radius 1 is 0.975 bits per heavy atom. The molecule has 0 spiro atoms. The largest absolute Gasteiger partial charge is 0.496 e. The van der Waals surface area contributed by atoms with Gasteiger partial charge in [-0.15, -0.1) is 0 Å². The minimum atomic E-state index is -0.818. The maximum absolute atomic E-state index is 13.1. The molecule has 0 saturated heterocycles. The molecule has 0 atom stereocenters. The molecule has 1 aliphatic rings. The van der Waals surface area contributed by atoms with Gasteiger partial charge in [0, 0.05) is 40.6 Å². The van der Waals surface area contributed by atoms with Crippen LogP contribution in [-0.2, 0) is 10.2 Å². The highest BCUT2D eigenvalue weighted by molar-refractivity contribution is 6.04. The molecule has 1 fully saturated rings. The summed E-state index contributed by atoms with van der Waals surface area (Å²) in [6, 6.07) is 20.4. The van der Waals surface area contributed by atoms with Gasteiger partial charge in [-0.05, 0) is 68.7 Å². The molecule has 9 nitrogen and oxygen atoms in total. The Kier molecular flexibility index (Phi) is 7.25. The van der Waals surface area contributed by atoms with Crippen molar-refractivity contribution in [3.05, 3.63) is 84.4 Å². The summed E-state index contributed by atoms with van der Waals surface area (Å²) in [5.74, 6) is 0.846. The van der Waals surface area contributed by atoms with Crippen LogP contribution >= 0.6 is 0 Å². The first kappa shape index (κ1) is 26.5. The lowest BCUT2D eigenvalue weighted by atomic mass is 9.90. The van der Waals surface area contributed by atoms with Crippen LogP contribution in [0.5, 0.6) is 5.75 Å². The van der Waals surface area contributed by atoms with Gasteiger partial charge in [-0.2, -0.15) is 5.26 Å². The van der Waals surface area contributed by atoms with Crippen molar-refractivity contribution in [2.45, 2.75) is 32.1 Å². The number of nitriles is 1. The average molecular weight is 533 g/mol. The highest BCUT2D eigenvalue weighted by Crippen LogP contribution is 2.35. The second-order valence-electron chi connectivity index (χ2n) is 10.2. The molecule has 1 saturated carbocycles. The van der Waals surface area contributed by atoms with Crippen molar-refractivity contribution in [1.29, 1.82) is 5.26 Å². The maximum atomic E-state index is 13.1. The van der Waals surface area contributed by atoms with Crippen LogP contribution < -0.4 is 15.4 Å². The van der Waals surface area contributed by atoms with Crippen LogP contribution in [0.2, 0.25) is 0 Å². The Morgan fingerprint density at radius 2 is 1.77 bits per heavy atom. The lowest BCUT2D eigenvalue weighted by Crippen LogP contribution is -2.18. The van der Waals surface area contributed by atoms with Gasteiger partial charge in [-0.3, -0.25) is 14.6 Å². The van der Waals surface area contributed by atoms with Crippen LogP contribution in [0.4, 0.5) is 11.5 Å². The highest BCUT2D eigenvalue weighted by Gasteiger charge is 2.30. The molecular formula is C31H28N6O3. The molecule has 0 unspecified atom stereocenters. The molecule has 9 heteroatoms. The van der Waals surface area contributed by atoms with Crippen molar-refractivity contribution >= 4 is 23.3 Å². The van der Waals surface area contributed by atoms with E-state index in [1.54, 1.807) is 51.3 Å². The predicted molar refractivity (Wildman–Crippen MR) is 152 cm³/mol. The molecule has 2 heterocycles. The van der Waals surface area contributed by atoms with Crippen LogP contribution in [0.1, 0.15) is 42.7 Å². The van der Waals surface area contributed by atoms with Crippen molar-refractivity contribution in [2.75, 3.05) is 17.7 Å². The zero-order valence-corrected chi connectivity index (χ0v) is 22.4. The van der Waals surface area contributed by atoms with Crippen LogP contribution in [0.15, 0.2) is 73.2 Å². The molecule has 2 amide bonds. The zero-order valence-electron chi connectivity index (χ0n) is 22.4. The van der Waals surface area contributed by atoms with Gasteiger partial charge in [-0.1, -0.05) is 18.2 Å². The molecule has 200 valence electrons. The Balaban J connectivity index is 1.41. The molecule has 2 aromatic carbocycles. The summed E-state index contributed by atoms with van der Waals surface area (Å²) in [6.45, 7) is 3.51. The number of ether oxygens (including phenoxy) is 1. The zero-order chi connectivity index (χ0) is 28.3. The third kappa shape index (κ3) is 5.81. The fourth-order valence-corrected chi connectivity index (χ4v) is 4.19. The van der Waals surface area contributed by atoms with E-state index in [0.29, 0.717) is 34.2 Å². The van der Waals surface area contributed by atoms with Gasteiger partial charge in [0.25, 0.3) is 5.91 Å². The van der Waals surface area contributed by atoms with Gasteiger partial charge in [0.2, 0.25) is 5.91 Å². The lowest BCUT2D eigenvalue weighted by molar-refractivity contribution is -0.117. The lowest BCUT2D eigenvalue weighted by Gasteiger charge is -2.16. The average Bonchev–Trinajstić information content (AvgIpc) is 3.83. The molecule has 1 aliphatic carbocycles. The SMILES string of the molecule is COc1ccc(NC(=O)c2ccnc(C(C)(C)C#N)c2)cc1-c1cccc(-c2cc(NC(=O)C3CC3)ncn2)c1. The van der Waals surface area contributed by atoms with E-state index in [2.05, 4.69) is 31.7 Å². The van der Waals surface area contributed by atoms with E-state index in [9.17, 15) is 14.9 Å². The monoisotopic (exact) mass is 532 g/mol. The molecular weight excluding hydrogens is 504 g/mol. The number of benzene rings is 2. The Bertz CT molecular complexity index is 1640. The third-order valence-electron chi connectivity index (χ3n) is 6.74. The molecule has 0 radical (unpaired) electrons. The van der Waals surface area contributed by atoms with Gasteiger partial charge in [0.1, 0.15) is 17.9 Å². The number of pyridine rings is 1. The molecule has 4 aromatic rings. The minimum absolute atomic E-state index is 0.0150. The first-order chi connectivity index (χ1) is 19.3. The Labute approximate surface area is 232 Å². The fourth-order valence-electron chi connectivity index (χ4n) is 4.19. The summed E-state index contributed by atoms with van der Waals surface area (Å²) in [5.41, 5.74) is 3.83. The second kappa shape index (κ2) is 10.9. The fraction of sp³-hybridized carbons (Fsp3) is 0.226. The third-order valence-corrected chi connectivity index (χ3v) is 6.74. The van der Waals surface area contributed by atoms with Crippen molar-refractivity contribution in [3.8, 4) is 34.2 Å². The summed E-state index contributed by atoms with van der Waals surface area (Å²) in [7, 11) is 1.59. The molecule has 40 heavy (non-hydrogen) atoms. The smallest absolute Gasteiger partial charge is 0.255 e. The van der Waals surface area contributed by atoms with Gasteiger partial charge in [0.15, 0.2) is 0 Å². The number of anilines is 2. The number of aromatic nitrogens is 3. The second-order valence-corrected chi connectivity index (χ2v) is 10.2. The first-order valence-corrected chi connectivity index (χ1v) is 12.9. The summed E-state index contributed by atoms with van der Waals surface area (Å²) in [5, 5.41) is 15.2. The molecule has 0 aliphatic heterocycles.